The first-order valence-electron chi connectivity index (χ1n) is 5.61. The minimum absolute atomic E-state index is 0.210. The number of aromatic nitrogens is 2. The SMILES string of the molecule is COc1c(Cl)ncnc1N1CCC(O)C(C)C1. The molecule has 2 atom stereocenters. The first kappa shape index (κ1) is 12.4. The topological polar surface area (TPSA) is 58.5 Å². The predicted octanol–water partition coefficient (Wildman–Crippen LogP) is 1.35. The van der Waals surface area contributed by atoms with E-state index in [0.29, 0.717) is 16.7 Å². The first-order chi connectivity index (χ1) is 8.13. The monoisotopic (exact) mass is 257 g/mol. The van der Waals surface area contributed by atoms with E-state index in [2.05, 4.69) is 14.9 Å². The Morgan fingerprint density at radius 3 is 2.94 bits per heavy atom. The third kappa shape index (κ3) is 2.45. The Labute approximate surface area is 105 Å². The standard InChI is InChI=1S/C11H16ClN3O2/c1-7-5-15(4-3-8(7)16)11-9(17-2)10(12)13-6-14-11/h6-8,16H,3-5H2,1-2H3. The number of anilines is 1. The quantitative estimate of drug-likeness (QED) is 0.811. The van der Waals surface area contributed by atoms with Gasteiger partial charge >= 0.3 is 0 Å². The molecule has 1 aromatic heterocycles. The first-order valence-corrected chi connectivity index (χ1v) is 5.98. The van der Waals surface area contributed by atoms with Gasteiger partial charge in [0.25, 0.3) is 0 Å². The van der Waals surface area contributed by atoms with Gasteiger partial charge in [-0.15, -0.1) is 0 Å². The van der Waals surface area contributed by atoms with Crippen molar-refractivity contribution in [3.63, 3.8) is 0 Å². The zero-order chi connectivity index (χ0) is 12.4. The molecule has 1 aliphatic heterocycles. The molecule has 0 aliphatic carbocycles. The van der Waals surface area contributed by atoms with Crippen molar-refractivity contribution in [1.82, 2.24) is 9.97 Å². The summed E-state index contributed by atoms with van der Waals surface area (Å²) in [5.41, 5.74) is 0. The molecule has 1 fully saturated rings. The van der Waals surface area contributed by atoms with Crippen molar-refractivity contribution in [2.75, 3.05) is 25.1 Å². The van der Waals surface area contributed by atoms with E-state index in [-0.39, 0.29) is 12.0 Å². The lowest BCUT2D eigenvalue weighted by molar-refractivity contribution is 0.0967. The Balaban J connectivity index is 2.25. The molecular weight excluding hydrogens is 242 g/mol. The average Bonchev–Trinajstić information content (AvgIpc) is 2.32. The third-order valence-electron chi connectivity index (χ3n) is 3.11. The molecule has 2 heterocycles. The fourth-order valence-corrected chi connectivity index (χ4v) is 2.28. The third-order valence-corrected chi connectivity index (χ3v) is 3.37. The summed E-state index contributed by atoms with van der Waals surface area (Å²) in [6.45, 7) is 3.51. The van der Waals surface area contributed by atoms with E-state index in [1.165, 1.54) is 6.33 Å². The lowest BCUT2D eigenvalue weighted by atomic mass is 9.97. The van der Waals surface area contributed by atoms with Crippen molar-refractivity contribution in [2.24, 2.45) is 5.92 Å². The van der Waals surface area contributed by atoms with Gasteiger partial charge in [0.2, 0.25) is 0 Å². The normalized spacial score (nSPS) is 24.8. The van der Waals surface area contributed by atoms with Crippen LogP contribution in [0.25, 0.3) is 0 Å². The molecule has 1 aliphatic rings. The van der Waals surface area contributed by atoms with Crippen LogP contribution in [0.4, 0.5) is 5.82 Å². The summed E-state index contributed by atoms with van der Waals surface area (Å²) in [4.78, 5) is 10.2. The van der Waals surface area contributed by atoms with Crippen LogP contribution in [0.15, 0.2) is 6.33 Å². The van der Waals surface area contributed by atoms with Crippen LogP contribution in [0.1, 0.15) is 13.3 Å². The number of methoxy groups -OCH3 is 1. The van der Waals surface area contributed by atoms with Crippen LogP contribution in [0.5, 0.6) is 5.75 Å². The van der Waals surface area contributed by atoms with Crippen LogP contribution < -0.4 is 9.64 Å². The molecule has 2 unspecified atom stereocenters. The van der Waals surface area contributed by atoms with Crippen LogP contribution >= 0.6 is 11.6 Å². The van der Waals surface area contributed by atoms with Gasteiger partial charge in [0.1, 0.15) is 6.33 Å². The van der Waals surface area contributed by atoms with Gasteiger partial charge in [-0.1, -0.05) is 18.5 Å². The van der Waals surface area contributed by atoms with Crippen molar-refractivity contribution in [1.29, 1.82) is 0 Å². The fraction of sp³-hybridized carbons (Fsp3) is 0.636. The van der Waals surface area contributed by atoms with Crippen LogP contribution in [0.3, 0.4) is 0 Å². The van der Waals surface area contributed by atoms with Crippen molar-refractivity contribution in [3.8, 4) is 5.75 Å². The molecule has 2 rings (SSSR count). The predicted molar refractivity (Wildman–Crippen MR) is 65.6 cm³/mol. The zero-order valence-corrected chi connectivity index (χ0v) is 10.7. The van der Waals surface area contributed by atoms with E-state index in [1.54, 1.807) is 7.11 Å². The number of nitrogens with zero attached hydrogens (tertiary/aromatic N) is 3. The maximum Gasteiger partial charge on any atom is 0.199 e. The summed E-state index contributed by atoms with van der Waals surface area (Å²) >= 11 is 5.96. The Bertz CT molecular complexity index is 402. The van der Waals surface area contributed by atoms with Gasteiger partial charge in [-0.2, -0.15) is 0 Å². The Kier molecular flexibility index (Phi) is 3.69. The molecule has 0 spiro atoms. The molecule has 17 heavy (non-hydrogen) atoms. The summed E-state index contributed by atoms with van der Waals surface area (Å²) in [6.07, 6.45) is 1.91. The van der Waals surface area contributed by atoms with Crippen molar-refractivity contribution >= 4 is 17.4 Å². The lowest BCUT2D eigenvalue weighted by Crippen LogP contribution is -2.42. The second-order valence-corrected chi connectivity index (χ2v) is 4.66. The van der Waals surface area contributed by atoms with Gasteiger partial charge in [0, 0.05) is 13.1 Å². The fourth-order valence-electron chi connectivity index (χ4n) is 2.07. The Hall–Kier alpha value is -1.07. The molecule has 1 aromatic rings. The van der Waals surface area contributed by atoms with Crippen LogP contribution in [0, 0.1) is 5.92 Å². The van der Waals surface area contributed by atoms with E-state index >= 15 is 0 Å². The zero-order valence-electron chi connectivity index (χ0n) is 9.93. The number of hydrogen-bond donors (Lipinski definition) is 1. The van der Waals surface area contributed by atoms with Gasteiger partial charge < -0.3 is 14.7 Å². The number of rotatable bonds is 2. The smallest absolute Gasteiger partial charge is 0.199 e. The molecule has 0 aromatic carbocycles. The summed E-state index contributed by atoms with van der Waals surface area (Å²) < 4.78 is 5.23. The minimum Gasteiger partial charge on any atom is -0.490 e. The van der Waals surface area contributed by atoms with Gasteiger partial charge in [0.05, 0.1) is 13.2 Å². The summed E-state index contributed by atoms with van der Waals surface area (Å²) in [7, 11) is 1.55. The highest BCUT2D eigenvalue weighted by molar-refractivity contribution is 6.31. The highest BCUT2D eigenvalue weighted by Crippen LogP contribution is 2.33. The maximum atomic E-state index is 9.71. The number of hydrogen-bond acceptors (Lipinski definition) is 5. The number of aliphatic hydroxyl groups excluding tert-OH is 1. The Morgan fingerprint density at radius 2 is 2.29 bits per heavy atom. The summed E-state index contributed by atoms with van der Waals surface area (Å²) in [6, 6.07) is 0. The second kappa shape index (κ2) is 5.06. The van der Waals surface area contributed by atoms with Crippen molar-refractivity contribution in [3.05, 3.63) is 11.5 Å². The second-order valence-electron chi connectivity index (χ2n) is 4.30. The van der Waals surface area contributed by atoms with Crippen molar-refractivity contribution < 1.29 is 9.84 Å². The molecule has 5 nitrogen and oxygen atoms in total. The Morgan fingerprint density at radius 1 is 1.53 bits per heavy atom. The number of ether oxygens (including phenoxy) is 1. The van der Waals surface area contributed by atoms with E-state index < -0.39 is 0 Å². The highest BCUT2D eigenvalue weighted by Gasteiger charge is 2.27. The van der Waals surface area contributed by atoms with Gasteiger partial charge in [-0.25, -0.2) is 9.97 Å². The number of piperidine rings is 1. The van der Waals surface area contributed by atoms with Gasteiger partial charge in [0.15, 0.2) is 16.7 Å². The molecule has 0 radical (unpaired) electrons. The highest BCUT2D eigenvalue weighted by atomic mass is 35.5. The number of aliphatic hydroxyl groups is 1. The lowest BCUT2D eigenvalue weighted by Gasteiger charge is -2.35. The molecule has 0 amide bonds. The van der Waals surface area contributed by atoms with Crippen LogP contribution in [-0.2, 0) is 0 Å². The molecule has 6 heteroatoms. The molecular formula is C11H16ClN3O2. The molecule has 0 saturated carbocycles. The van der Waals surface area contributed by atoms with E-state index in [4.69, 9.17) is 16.3 Å². The number of halogens is 1. The average molecular weight is 258 g/mol. The molecule has 1 saturated heterocycles. The largest absolute Gasteiger partial charge is 0.490 e. The summed E-state index contributed by atoms with van der Waals surface area (Å²) in [5, 5.41) is 10.0. The maximum absolute atomic E-state index is 9.71. The van der Waals surface area contributed by atoms with E-state index in [0.717, 1.165) is 19.5 Å². The minimum atomic E-state index is -0.241. The van der Waals surface area contributed by atoms with Crippen LogP contribution in [-0.4, -0.2) is 41.4 Å². The summed E-state index contributed by atoms with van der Waals surface area (Å²) in [5.74, 6) is 1.41. The van der Waals surface area contributed by atoms with Gasteiger partial charge in [-0.3, -0.25) is 0 Å². The van der Waals surface area contributed by atoms with Crippen LogP contribution in [0.2, 0.25) is 5.15 Å². The molecule has 94 valence electrons. The van der Waals surface area contributed by atoms with Crippen molar-refractivity contribution in [2.45, 2.75) is 19.4 Å². The van der Waals surface area contributed by atoms with E-state index in [1.807, 2.05) is 6.92 Å². The molecule has 0 bridgehead atoms. The van der Waals surface area contributed by atoms with E-state index in [9.17, 15) is 5.11 Å². The van der Waals surface area contributed by atoms with Gasteiger partial charge in [-0.05, 0) is 12.3 Å². The molecule has 1 N–H and O–H groups in total.